The lowest BCUT2D eigenvalue weighted by Gasteiger charge is -2.31. The van der Waals surface area contributed by atoms with Crippen molar-refractivity contribution in [3.63, 3.8) is 0 Å². The first-order chi connectivity index (χ1) is 14.0. The van der Waals surface area contributed by atoms with Gasteiger partial charge in [0.1, 0.15) is 0 Å². The molecule has 0 atom stereocenters. The molecule has 0 aromatic heterocycles. The highest BCUT2D eigenvalue weighted by atomic mass is 31.2. The van der Waals surface area contributed by atoms with Crippen molar-refractivity contribution in [1.82, 2.24) is 0 Å². The Bertz CT molecular complexity index is 721. The van der Waals surface area contributed by atoms with E-state index in [1.807, 2.05) is 0 Å². The first-order valence-corrected chi connectivity index (χ1v) is 12.4. The molecule has 0 fully saturated rings. The summed E-state index contributed by atoms with van der Waals surface area (Å²) in [5.41, 5.74) is 4.32. The lowest BCUT2D eigenvalue weighted by atomic mass is 9.74. The van der Waals surface area contributed by atoms with Gasteiger partial charge in [-0.25, -0.2) is 4.57 Å². The normalized spacial score (nSPS) is 12.7. The molecule has 1 aromatic rings. The van der Waals surface area contributed by atoms with E-state index < -0.39 is 7.82 Å². The van der Waals surface area contributed by atoms with E-state index >= 15 is 0 Å². The zero-order valence-corrected chi connectivity index (χ0v) is 20.7. The SMILES string of the molecule is C=CCOP(=O)(OCC=C)OCCCc1ccc(C(C)(C)CC)cc1C(C)(C)CC. The maximum atomic E-state index is 12.6. The van der Waals surface area contributed by atoms with E-state index in [-0.39, 0.29) is 24.0 Å². The van der Waals surface area contributed by atoms with Gasteiger partial charge in [0.05, 0.1) is 19.8 Å². The maximum absolute atomic E-state index is 12.6. The highest BCUT2D eigenvalue weighted by Crippen LogP contribution is 2.49. The van der Waals surface area contributed by atoms with E-state index in [9.17, 15) is 4.57 Å². The second-order valence-corrected chi connectivity index (χ2v) is 10.6. The number of hydrogen-bond donors (Lipinski definition) is 0. The van der Waals surface area contributed by atoms with Crippen molar-refractivity contribution in [2.45, 2.75) is 78.1 Å². The minimum absolute atomic E-state index is 0.0887. The number of rotatable bonds is 15. The molecule has 0 saturated carbocycles. The molecule has 0 N–H and O–H groups in total. The molecule has 0 aliphatic heterocycles. The van der Waals surface area contributed by atoms with E-state index in [1.165, 1.54) is 28.8 Å². The zero-order valence-electron chi connectivity index (χ0n) is 19.8. The third-order valence-corrected chi connectivity index (χ3v) is 7.36. The lowest BCUT2D eigenvalue weighted by Crippen LogP contribution is -2.22. The second-order valence-electron chi connectivity index (χ2n) is 8.90. The Morgan fingerprint density at radius 2 is 1.50 bits per heavy atom. The quantitative estimate of drug-likeness (QED) is 0.162. The van der Waals surface area contributed by atoms with Gasteiger partial charge >= 0.3 is 7.82 Å². The third-order valence-electron chi connectivity index (χ3n) is 5.93. The molecule has 1 rings (SSSR count). The molecule has 0 saturated heterocycles. The highest BCUT2D eigenvalue weighted by molar-refractivity contribution is 7.48. The summed E-state index contributed by atoms with van der Waals surface area (Å²) in [5.74, 6) is 0. The standard InChI is InChI=1S/C25H41O4P/c1-9-17-27-30(26,28-18-10-2)29-19-13-14-21-15-16-22(24(5,6)11-3)20-23(21)25(7,8)12-4/h9-10,15-16,20H,1-2,11-14,17-19H2,3-8H3. The average molecular weight is 437 g/mol. The molecule has 0 radical (unpaired) electrons. The average Bonchev–Trinajstić information content (AvgIpc) is 2.74. The topological polar surface area (TPSA) is 44.8 Å². The van der Waals surface area contributed by atoms with E-state index in [1.54, 1.807) is 0 Å². The van der Waals surface area contributed by atoms with Crippen LogP contribution < -0.4 is 0 Å². The Kier molecular flexibility index (Phi) is 10.7. The van der Waals surface area contributed by atoms with Gasteiger partial charge in [0, 0.05) is 0 Å². The number of phosphoric acid groups is 1. The van der Waals surface area contributed by atoms with E-state index in [4.69, 9.17) is 13.6 Å². The van der Waals surface area contributed by atoms with Crippen LogP contribution in [0.15, 0.2) is 43.5 Å². The molecule has 170 valence electrons. The van der Waals surface area contributed by atoms with Crippen molar-refractivity contribution in [2.24, 2.45) is 0 Å². The van der Waals surface area contributed by atoms with Crippen LogP contribution in [-0.4, -0.2) is 19.8 Å². The summed E-state index contributed by atoms with van der Waals surface area (Å²) in [4.78, 5) is 0. The van der Waals surface area contributed by atoms with Gasteiger partial charge in [0.15, 0.2) is 0 Å². The molecule has 0 spiro atoms. The summed E-state index contributed by atoms with van der Waals surface area (Å²) in [6, 6.07) is 6.89. The predicted molar refractivity (Wildman–Crippen MR) is 127 cm³/mol. The minimum atomic E-state index is -3.60. The van der Waals surface area contributed by atoms with Crippen LogP contribution >= 0.6 is 7.82 Å². The van der Waals surface area contributed by atoms with Crippen LogP contribution in [0.25, 0.3) is 0 Å². The third kappa shape index (κ3) is 7.81. The Morgan fingerprint density at radius 1 is 0.933 bits per heavy atom. The highest BCUT2D eigenvalue weighted by Gasteiger charge is 2.27. The number of benzene rings is 1. The van der Waals surface area contributed by atoms with E-state index in [0.29, 0.717) is 6.61 Å². The molecule has 1 aromatic carbocycles. The van der Waals surface area contributed by atoms with E-state index in [2.05, 4.69) is 72.9 Å². The van der Waals surface area contributed by atoms with Gasteiger partial charge in [-0.3, -0.25) is 13.6 Å². The van der Waals surface area contributed by atoms with Crippen LogP contribution in [0, 0.1) is 0 Å². The Hall–Kier alpha value is -1.19. The van der Waals surface area contributed by atoms with Crippen LogP contribution in [-0.2, 0) is 35.4 Å². The summed E-state index contributed by atoms with van der Waals surface area (Å²) < 4.78 is 28.6. The molecule has 0 aliphatic rings. The fourth-order valence-electron chi connectivity index (χ4n) is 3.08. The number of aryl methyl sites for hydroxylation is 1. The molecule has 0 unspecified atom stereocenters. The molecule has 0 aliphatic carbocycles. The Morgan fingerprint density at radius 3 is 2.00 bits per heavy atom. The van der Waals surface area contributed by atoms with Crippen molar-refractivity contribution in [3.8, 4) is 0 Å². The molecular weight excluding hydrogens is 395 g/mol. The Balaban J connectivity index is 2.93. The summed E-state index contributed by atoms with van der Waals surface area (Å²) in [7, 11) is -3.60. The first kappa shape index (κ1) is 26.8. The van der Waals surface area contributed by atoms with Crippen molar-refractivity contribution in [1.29, 1.82) is 0 Å². The molecule has 0 heterocycles. The Labute approximate surface area is 184 Å². The summed E-state index contributed by atoms with van der Waals surface area (Å²) in [5, 5.41) is 0. The number of hydrogen-bond acceptors (Lipinski definition) is 4. The van der Waals surface area contributed by atoms with Crippen LogP contribution in [0.3, 0.4) is 0 Å². The molecule has 4 nitrogen and oxygen atoms in total. The fourth-order valence-corrected chi connectivity index (χ4v) is 4.23. The van der Waals surface area contributed by atoms with Gasteiger partial charge in [-0.15, -0.1) is 13.2 Å². The molecular formula is C25H41O4P. The van der Waals surface area contributed by atoms with Crippen LogP contribution in [0.1, 0.15) is 77.5 Å². The van der Waals surface area contributed by atoms with Gasteiger partial charge in [0.25, 0.3) is 0 Å². The zero-order chi connectivity index (χ0) is 22.8. The first-order valence-electron chi connectivity index (χ1n) is 10.9. The van der Waals surface area contributed by atoms with Crippen molar-refractivity contribution < 1.29 is 18.1 Å². The van der Waals surface area contributed by atoms with Crippen molar-refractivity contribution in [2.75, 3.05) is 19.8 Å². The van der Waals surface area contributed by atoms with Gasteiger partial charge in [-0.05, 0) is 53.2 Å². The van der Waals surface area contributed by atoms with E-state index in [0.717, 1.165) is 25.7 Å². The summed E-state index contributed by atoms with van der Waals surface area (Å²) in [6.07, 6.45) is 6.76. The van der Waals surface area contributed by atoms with Crippen LogP contribution in [0.4, 0.5) is 0 Å². The molecule has 0 bridgehead atoms. The predicted octanol–water partition coefficient (Wildman–Crippen LogP) is 7.52. The van der Waals surface area contributed by atoms with Crippen molar-refractivity contribution >= 4 is 7.82 Å². The van der Waals surface area contributed by atoms with Gasteiger partial charge in [0.2, 0.25) is 0 Å². The summed E-state index contributed by atoms with van der Waals surface area (Å²) in [6.45, 7) is 21.3. The van der Waals surface area contributed by atoms with Crippen LogP contribution in [0.5, 0.6) is 0 Å². The second kappa shape index (κ2) is 12.0. The van der Waals surface area contributed by atoms with Gasteiger partial charge < -0.3 is 0 Å². The molecule has 5 heteroatoms. The fraction of sp³-hybridized carbons (Fsp3) is 0.600. The minimum Gasteiger partial charge on any atom is -0.287 e. The van der Waals surface area contributed by atoms with Crippen LogP contribution in [0.2, 0.25) is 0 Å². The lowest BCUT2D eigenvalue weighted by molar-refractivity contribution is 0.130. The molecule has 30 heavy (non-hydrogen) atoms. The molecule has 0 amide bonds. The summed E-state index contributed by atoms with van der Waals surface area (Å²) >= 11 is 0. The monoisotopic (exact) mass is 436 g/mol. The van der Waals surface area contributed by atoms with Gasteiger partial charge in [-0.2, -0.15) is 0 Å². The maximum Gasteiger partial charge on any atom is 0.475 e. The number of phosphoric ester groups is 1. The smallest absolute Gasteiger partial charge is 0.287 e. The largest absolute Gasteiger partial charge is 0.475 e. The van der Waals surface area contributed by atoms with Crippen molar-refractivity contribution in [3.05, 3.63) is 60.2 Å². The van der Waals surface area contributed by atoms with Gasteiger partial charge in [-0.1, -0.05) is 71.9 Å².